The lowest BCUT2D eigenvalue weighted by molar-refractivity contribution is 1.29. The maximum atomic E-state index is 4.49. The molecule has 0 fully saturated rings. The van der Waals surface area contributed by atoms with Crippen molar-refractivity contribution in [3.05, 3.63) is 42.5 Å². The SMILES string of the molecule is c1ccc2c3nc4c-3c(cccc2c1)NN4. The van der Waals surface area contributed by atoms with Gasteiger partial charge in [0.05, 0.1) is 16.9 Å². The van der Waals surface area contributed by atoms with Gasteiger partial charge in [-0.25, -0.2) is 4.98 Å². The van der Waals surface area contributed by atoms with Gasteiger partial charge in [0, 0.05) is 5.39 Å². The zero-order chi connectivity index (χ0) is 10.5. The molecule has 1 aromatic carbocycles. The Morgan fingerprint density at radius 1 is 0.875 bits per heavy atom. The summed E-state index contributed by atoms with van der Waals surface area (Å²) in [5, 5.41) is 2.42. The van der Waals surface area contributed by atoms with Gasteiger partial charge >= 0.3 is 0 Å². The van der Waals surface area contributed by atoms with Crippen molar-refractivity contribution < 1.29 is 0 Å². The zero-order valence-corrected chi connectivity index (χ0v) is 8.49. The number of hydrogen-bond donors (Lipinski definition) is 2. The molecule has 0 amide bonds. The average Bonchev–Trinajstić information content (AvgIpc) is 2.56. The van der Waals surface area contributed by atoms with Gasteiger partial charge in [0.1, 0.15) is 0 Å². The smallest absolute Gasteiger partial charge is 0.156 e. The molecule has 0 saturated carbocycles. The van der Waals surface area contributed by atoms with E-state index >= 15 is 0 Å². The maximum absolute atomic E-state index is 4.49. The summed E-state index contributed by atoms with van der Waals surface area (Å²) in [6, 6.07) is 14.6. The fourth-order valence-electron chi connectivity index (χ4n) is 2.24. The molecule has 4 rings (SSSR count). The number of nitrogens with zero attached hydrogens (tertiary/aromatic N) is 1. The number of anilines is 2. The predicted molar refractivity (Wildman–Crippen MR) is 65.6 cm³/mol. The average molecular weight is 207 g/mol. The van der Waals surface area contributed by atoms with E-state index in [1.165, 1.54) is 16.3 Å². The Morgan fingerprint density at radius 2 is 1.75 bits per heavy atom. The maximum Gasteiger partial charge on any atom is 0.156 e. The molecule has 2 heterocycles. The highest BCUT2D eigenvalue weighted by atomic mass is 15.4. The minimum Gasteiger partial charge on any atom is -0.299 e. The molecule has 1 aromatic rings. The molecular weight excluding hydrogens is 198 g/mol. The highest BCUT2D eigenvalue weighted by Crippen LogP contribution is 2.44. The topological polar surface area (TPSA) is 37.0 Å². The molecule has 0 unspecified atom stereocenters. The number of fused-ring (bicyclic) bond motifs is 2. The van der Waals surface area contributed by atoms with E-state index in [-0.39, 0.29) is 0 Å². The molecule has 0 bridgehead atoms. The van der Waals surface area contributed by atoms with Crippen molar-refractivity contribution in [3.8, 4) is 11.3 Å². The fourth-order valence-corrected chi connectivity index (χ4v) is 2.24. The molecule has 0 spiro atoms. The predicted octanol–water partition coefficient (Wildman–Crippen LogP) is 3.09. The Bertz CT molecular complexity index is 675. The molecule has 3 nitrogen and oxygen atoms in total. The fraction of sp³-hybridized carbons (Fsp3) is 0. The van der Waals surface area contributed by atoms with Gasteiger partial charge in [-0.05, 0) is 11.5 Å². The summed E-state index contributed by atoms with van der Waals surface area (Å²) in [6.45, 7) is 0. The summed E-state index contributed by atoms with van der Waals surface area (Å²) in [6.07, 6.45) is 0. The van der Waals surface area contributed by atoms with E-state index in [9.17, 15) is 0 Å². The van der Waals surface area contributed by atoms with Gasteiger partial charge in [-0.15, -0.1) is 0 Å². The second kappa shape index (κ2) is 2.64. The third kappa shape index (κ3) is 0.852. The molecule has 3 aliphatic rings. The molecule has 76 valence electrons. The Balaban J connectivity index is 2.23. The van der Waals surface area contributed by atoms with Gasteiger partial charge in [0.25, 0.3) is 0 Å². The van der Waals surface area contributed by atoms with Gasteiger partial charge in [0.2, 0.25) is 0 Å². The van der Waals surface area contributed by atoms with Crippen molar-refractivity contribution in [2.45, 2.75) is 0 Å². The van der Waals surface area contributed by atoms with Crippen LogP contribution in [0.5, 0.6) is 0 Å². The molecule has 0 atom stereocenters. The molecule has 0 radical (unpaired) electrons. The molecule has 2 aliphatic heterocycles. The van der Waals surface area contributed by atoms with Crippen LogP contribution in [0.1, 0.15) is 0 Å². The highest BCUT2D eigenvalue weighted by molar-refractivity contribution is 6.06. The van der Waals surface area contributed by atoms with Crippen molar-refractivity contribution in [2.75, 3.05) is 10.9 Å². The first-order valence-corrected chi connectivity index (χ1v) is 5.27. The molecule has 2 N–H and O–H groups in total. The summed E-state index contributed by atoms with van der Waals surface area (Å²) >= 11 is 0. The van der Waals surface area contributed by atoms with Crippen LogP contribution in [0.2, 0.25) is 0 Å². The van der Waals surface area contributed by atoms with Gasteiger partial charge < -0.3 is 0 Å². The van der Waals surface area contributed by atoms with Gasteiger partial charge in [-0.2, -0.15) is 0 Å². The van der Waals surface area contributed by atoms with E-state index in [1.807, 2.05) is 0 Å². The van der Waals surface area contributed by atoms with Gasteiger partial charge in [-0.1, -0.05) is 36.4 Å². The zero-order valence-electron chi connectivity index (χ0n) is 8.49. The van der Waals surface area contributed by atoms with Crippen LogP contribution in [0.4, 0.5) is 11.5 Å². The van der Waals surface area contributed by atoms with Crippen LogP contribution in [-0.2, 0) is 0 Å². The second-order valence-electron chi connectivity index (χ2n) is 3.96. The molecular formula is C13H9N3. The largest absolute Gasteiger partial charge is 0.299 e. The Morgan fingerprint density at radius 3 is 2.75 bits per heavy atom. The van der Waals surface area contributed by atoms with Crippen LogP contribution in [-0.4, -0.2) is 4.98 Å². The summed E-state index contributed by atoms with van der Waals surface area (Å²) in [4.78, 5) is 4.49. The molecule has 16 heavy (non-hydrogen) atoms. The number of aromatic nitrogens is 1. The second-order valence-corrected chi connectivity index (χ2v) is 3.96. The van der Waals surface area contributed by atoms with Crippen molar-refractivity contribution >= 4 is 22.3 Å². The number of nitrogens with one attached hydrogen (secondary N) is 2. The number of hydrazine groups is 1. The lowest BCUT2D eigenvalue weighted by Crippen LogP contribution is -2.03. The first kappa shape index (κ1) is 7.93. The lowest BCUT2D eigenvalue weighted by Gasteiger charge is -2.10. The van der Waals surface area contributed by atoms with Crippen molar-refractivity contribution in [2.24, 2.45) is 0 Å². The normalized spacial score (nSPS) is 12.8. The number of rotatable bonds is 0. The molecule has 1 aliphatic carbocycles. The first-order chi connectivity index (χ1) is 7.93. The van der Waals surface area contributed by atoms with Crippen LogP contribution in [0.15, 0.2) is 42.5 Å². The third-order valence-electron chi connectivity index (χ3n) is 3.04. The third-order valence-corrected chi connectivity index (χ3v) is 3.04. The summed E-state index contributed by atoms with van der Waals surface area (Å²) < 4.78 is 0. The quantitative estimate of drug-likeness (QED) is 0.594. The van der Waals surface area contributed by atoms with Crippen molar-refractivity contribution in [3.63, 3.8) is 0 Å². The molecule has 0 saturated heterocycles. The number of hydrogen-bond acceptors (Lipinski definition) is 3. The van der Waals surface area contributed by atoms with Crippen LogP contribution < -0.4 is 10.9 Å². The molecule has 3 heteroatoms. The van der Waals surface area contributed by atoms with E-state index in [0.717, 1.165) is 17.2 Å². The van der Waals surface area contributed by atoms with Crippen molar-refractivity contribution in [1.82, 2.24) is 4.98 Å². The number of benzene rings is 1. The van der Waals surface area contributed by atoms with E-state index in [1.54, 1.807) is 0 Å². The van der Waals surface area contributed by atoms with Gasteiger partial charge in [0.15, 0.2) is 5.82 Å². The Hall–Kier alpha value is -2.29. The van der Waals surface area contributed by atoms with Crippen LogP contribution >= 0.6 is 0 Å². The van der Waals surface area contributed by atoms with E-state index in [0.29, 0.717) is 0 Å². The summed E-state index contributed by atoms with van der Waals surface area (Å²) in [5.74, 6) is 0.950. The van der Waals surface area contributed by atoms with Crippen molar-refractivity contribution in [1.29, 1.82) is 0 Å². The van der Waals surface area contributed by atoms with E-state index in [4.69, 9.17) is 0 Å². The summed E-state index contributed by atoms with van der Waals surface area (Å²) in [5.41, 5.74) is 9.56. The van der Waals surface area contributed by atoms with E-state index in [2.05, 4.69) is 58.3 Å². The minimum atomic E-state index is 0.950. The summed E-state index contributed by atoms with van der Waals surface area (Å²) in [7, 11) is 0. The Kier molecular flexibility index (Phi) is 1.31. The monoisotopic (exact) mass is 207 g/mol. The Labute approximate surface area is 92.4 Å². The van der Waals surface area contributed by atoms with Crippen LogP contribution in [0.3, 0.4) is 0 Å². The highest BCUT2D eigenvalue weighted by Gasteiger charge is 2.25. The standard InChI is InChI=1S/C13H9N3/c1-2-6-9-8(4-1)5-3-7-10-11-12(9)14-13(11)16-15-10/h1-7H,(H2,14,15,16). The van der Waals surface area contributed by atoms with Crippen LogP contribution in [0.25, 0.3) is 22.0 Å². The minimum absolute atomic E-state index is 0.950. The van der Waals surface area contributed by atoms with Crippen LogP contribution in [0, 0.1) is 0 Å². The lowest BCUT2D eigenvalue weighted by atomic mass is 10.0. The first-order valence-electron chi connectivity index (χ1n) is 5.27. The molecule has 0 aromatic heterocycles. The van der Waals surface area contributed by atoms with Gasteiger partial charge in [-0.3, -0.25) is 10.9 Å². The van der Waals surface area contributed by atoms with E-state index < -0.39 is 0 Å².